The van der Waals surface area contributed by atoms with Gasteiger partial charge >= 0.3 is 0 Å². The maximum Gasteiger partial charge on any atom is -0.00200 e. The molecule has 16 heavy (non-hydrogen) atoms. The van der Waals surface area contributed by atoms with Gasteiger partial charge in [-0.25, -0.2) is 0 Å². The Bertz CT molecular complexity index is 317. The summed E-state index contributed by atoms with van der Waals surface area (Å²) >= 11 is 0. The fourth-order valence-electron chi connectivity index (χ4n) is 1.93. The van der Waals surface area contributed by atoms with Crippen molar-refractivity contribution in [3.63, 3.8) is 0 Å². The Labute approximate surface area is 100 Å². The Balaban J connectivity index is 2.43. The van der Waals surface area contributed by atoms with Crippen molar-refractivity contribution < 1.29 is 0 Å². The third-order valence-electron chi connectivity index (χ3n) is 3.08. The molecule has 0 saturated carbocycles. The van der Waals surface area contributed by atoms with Crippen LogP contribution >= 0.6 is 0 Å². The van der Waals surface area contributed by atoms with E-state index < -0.39 is 0 Å². The SMILES string of the molecule is CCCNCC(C)Cc1ccc(C)c(C)c1. The summed E-state index contributed by atoms with van der Waals surface area (Å²) in [5.41, 5.74) is 4.26. The van der Waals surface area contributed by atoms with Gasteiger partial charge in [-0.3, -0.25) is 0 Å². The number of rotatable bonds is 6. The monoisotopic (exact) mass is 219 g/mol. The van der Waals surface area contributed by atoms with Gasteiger partial charge in [0.2, 0.25) is 0 Å². The predicted molar refractivity (Wildman–Crippen MR) is 71.9 cm³/mol. The lowest BCUT2D eigenvalue weighted by Gasteiger charge is -2.13. The summed E-state index contributed by atoms with van der Waals surface area (Å²) in [6.07, 6.45) is 2.40. The molecule has 1 N–H and O–H groups in total. The number of benzene rings is 1. The number of hydrogen-bond acceptors (Lipinski definition) is 1. The highest BCUT2D eigenvalue weighted by Crippen LogP contribution is 2.13. The van der Waals surface area contributed by atoms with E-state index in [-0.39, 0.29) is 0 Å². The predicted octanol–water partition coefficient (Wildman–Crippen LogP) is 3.48. The molecule has 1 aromatic rings. The van der Waals surface area contributed by atoms with Gasteiger partial charge in [-0.05, 0) is 62.4 Å². The van der Waals surface area contributed by atoms with Crippen LogP contribution in [-0.2, 0) is 6.42 Å². The molecule has 0 radical (unpaired) electrons. The van der Waals surface area contributed by atoms with Crippen molar-refractivity contribution in [3.05, 3.63) is 34.9 Å². The van der Waals surface area contributed by atoms with Crippen molar-refractivity contribution in [3.8, 4) is 0 Å². The Morgan fingerprint density at radius 2 is 1.94 bits per heavy atom. The van der Waals surface area contributed by atoms with Crippen molar-refractivity contribution in [1.82, 2.24) is 5.32 Å². The first kappa shape index (κ1) is 13.2. The zero-order valence-electron chi connectivity index (χ0n) is 11.1. The first-order valence-electron chi connectivity index (χ1n) is 6.40. The Kier molecular flexibility index (Phi) is 5.54. The third kappa shape index (κ3) is 4.36. The van der Waals surface area contributed by atoms with E-state index in [1.807, 2.05) is 0 Å². The van der Waals surface area contributed by atoms with E-state index in [1.54, 1.807) is 0 Å². The summed E-state index contributed by atoms with van der Waals surface area (Å²) in [6.45, 7) is 11.2. The van der Waals surface area contributed by atoms with Gasteiger partial charge in [-0.15, -0.1) is 0 Å². The molecule has 0 saturated heterocycles. The van der Waals surface area contributed by atoms with Crippen LogP contribution in [0.3, 0.4) is 0 Å². The Morgan fingerprint density at radius 1 is 1.19 bits per heavy atom. The van der Waals surface area contributed by atoms with Crippen LogP contribution in [0.2, 0.25) is 0 Å². The minimum Gasteiger partial charge on any atom is -0.316 e. The Hall–Kier alpha value is -0.820. The molecule has 1 rings (SSSR count). The van der Waals surface area contributed by atoms with Crippen molar-refractivity contribution in [2.45, 2.75) is 40.5 Å². The van der Waals surface area contributed by atoms with Crippen molar-refractivity contribution in [1.29, 1.82) is 0 Å². The van der Waals surface area contributed by atoms with Crippen molar-refractivity contribution >= 4 is 0 Å². The fraction of sp³-hybridized carbons (Fsp3) is 0.600. The van der Waals surface area contributed by atoms with Crippen LogP contribution in [0.5, 0.6) is 0 Å². The molecule has 90 valence electrons. The molecule has 0 heterocycles. The minimum absolute atomic E-state index is 0.716. The molecule has 0 spiro atoms. The van der Waals surface area contributed by atoms with Gasteiger partial charge in [0.15, 0.2) is 0 Å². The van der Waals surface area contributed by atoms with E-state index in [2.05, 4.69) is 51.2 Å². The zero-order valence-corrected chi connectivity index (χ0v) is 11.1. The summed E-state index contributed by atoms with van der Waals surface area (Å²) in [4.78, 5) is 0. The van der Waals surface area contributed by atoms with Crippen LogP contribution in [0.4, 0.5) is 0 Å². The number of hydrogen-bond donors (Lipinski definition) is 1. The summed E-state index contributed by atoms with van der Waals surface area (Å²) in [5, 5.41) is 3.48. The maximum absolute atomic E-state index is 3.48. The molecule has 1 aromatic carbocycles. The molecule has 0 amide bonds. The summed E-state index contributed by atoms with van der Waals surface area (Å²) in [6, 6.07) is 6.82. The maximum atomic E-state index is 3.48. The number of aryl methyl sites for hydroxylation is 2. The van der Waals surface area contributed by atoms with E-state index in [4.69, 9.17) is 0 Å². The number of nitrogens with one attached hydrogen (secondary N) is 1. The average Bonchev–Trinajstić information content (AvgIpc) is 2.24. The first-order valence-corrected chi connectivity index (χ1v) is 6.40. The molecule has 1 atom stereocenters. The zero-order chi connectivity index (χ0) is 12.0. The first-order chi connectivity index (χ1) is 7.63. The van der Waals surface area contributed by atoms with Crippen LogP contribution < -0.4 is 5.32 Å². The largest absolute Gasteiger partial charge is 0.316 e. The van der Waals surface area contributed by atoms with Crippen LogP contribution in [0.1, 0.15) is 37.0 Å². The highest BCUT2D eigenvalue weighted by molar-refractivity contribution is 5.30. The minimum atomic E-state index is 0.716. The van der Waals surface area contributed by atoms with Crippen LogP contribution in [0.25, 0.3) is 0 Å². The van der Waals surface area contributed by atoms with Gasteiger partial charge in [0.1, 0.15) is 0 Å². The van der Waals surface area contributed by atoms with Gasteiger partial charge in [0.05, 0.1) is 0 Å². The molecule has 0 fully saturated rings. The van der Waals surface area contributed by atoms with Crippen LogP contribution in [0.15, 0.2) is 18.2 Å². The van der Waals surface area contributed by atoms with E-state index in [9.17, 15) is 0 Å². The molecule has 0 aliphatic carbocycles. The topological polar surface area (TPSA) is 12.0 Å². The fourth-order valence-corrected chi connectivity index (χ4v) is 1.93. The summed E-state index contributed by atoms with van der Waals surface area (Å²) < 4.78 is 0. The molecular formula is C15H25N. The molecule has 0 bridgehead atoms. The van der Waals surface area contributed by atoms with Crippen molar-refractivity contribution in [2.24, 2.45) is 5.92 Å². The van der Waals surface area contributed by atoms with Crippen molar-refractivity contribution in [2.75, 3.05) is 13.1 Å². The normalized spacial score (nSPS) is 12.8. The molecule has 0 aromatic heterocycles. The van der Waals surface area contributed by atoms with Gasteiger partial charge in [-0.1, -0.05) is 32.0 Å². The second-order valence-electron chi connectivity index (χ2n) is 4.93. The van der Waals surface area contributed by atoms with Crippen LogP contribution in [-0.4, -0.2) is 13.1 Å². The Morgan fingerprint density at radius 3 is 2.56 bits per heavy atom. The lowest BCUT2D eigenvalue weighted by atomic mass is 9.98. The molecule has 1 nitrogen and oxygen atoms in total. The van der Waals surface area contributed by atoms with Gasteiger partial charge in [0, 0.05) is 0 Å². The van der Waals surface area contributed by atoms with Gasteiger partial charge < -0.3 is 5.32 Å². The molecule has 0 aliphatic heterocycles. The third-order valence-corrected chi connectivity index (χ3v) is 3.08. The smallest absolute Gasteiger partial charge is 0.00200 e. The standard InChI is InChI=1S/C15H25N/c1-5-8-16-11-12(2)9-15-7-6-13(3)14(4)10-15/h6-7,10,12,16H,5,8-9,11H2,1-4H3. The van der Waals surface area contributed by atoms with E-state index in [0.29, 0.717) is 5.92 Å². The molecule has 1 unspecified atom stereocenters. The lowest BCUT2D eigenvalue weighted by Crippen LogP contribution is -2.23. The van der Waals surface area contributed by atoms with E-state index in [1.165, 1.54) is 29.5 Å². The summed E-state index contributed by atoms with van der Waals surface area (Å²) in [7, 11) is 0. The van der Waals surface area contributed by atoms with Gasteiger partial charge in [0.25, 0.3) is 0 Å². The second kappa shape index (κ2) is 6.70. The average molecular weight is 219 g/mol. The highest BCUT2D eigenvalue weighted by atomic mass is 14.8. The van der Waals surface area contributed by atoms with E-state index >= 15 is 0 Å². The molecule has 1 heteroatoms. The summed E-state index contributed by atoms with van der Waals surface area (Å²) in [5.74, 6) is 0.716. The quantitative estimate of drug-likeness (QED) is 0.722. The van der Waals surface area contributed by atoms with Crippen LogP contribution in [0, 0.1) is 19.8 Å². The van der Waals surface area contributed by atoms with E-state index in [0.717, 1.165) is 13.1 Å². The lowest BCUT2D eigenvalue weighted by molar-refractivity contribution is 0.510. The second-order valence-corrected chi connectivity index (χ2v) is 4.93. The highest BCUT2D eigenvalue weighted by Gasteiger charge is 2.04. The van der Waals surface area contributed by atoms with Gasteiger partial charge in [-0.2, -0.15) is 0 Å². The molecule has 0 aliphatic rings. The molecular weight excluding hydrogens is 194 g/mol.